The number of ether oxygens (including phenoxy) is 1. The molecule has 0 saturated carbocycles. The third-order valence-corrected chi connectivity index (χ3v) is 2.61. The van der Waals surface area contributed by atoms with Crippen LogP contribution in [0.25, 0.3) is 5.52 Å². The van der Waals surface area contributed by atoms with Crippen LogP contribution in [0.4, 0.5) is 0 Å². The van der Waals surface area contributed by atoms with E-state index in [-0.39, 0.29) is 5.97 Å². The van der Waals surface area contributed by atoms with Gasteiger partial charge in [0.25, 0.3) is 0 Å². The van der Waals surface area contributed by atoms with Crippen LogP contribution in [0.2, 0.25) is 0 Å². The molecule has 0 unspecified atom stereocenters. The van der Waals surface area contributed by atoms with Gasteiger partial charge in [-0.05, 0) is 34.7 Å². The molecule has 0 spiro atoms. The molecular formula is C10H8INO2. The van der Waals surface area contributed by atoms with Gasteiger partial charge in [-0.1, -0.05) is 6.07 Å². The fourth-order valence-electron chi connectivity index (χ4n) is 1.31. The summed E-state index contributed by atoms with van der Waals surface area (Å²) in [6.45, 7) is 1.41. The van der Waals surface area contributed by atoms with Gasteiger partial charge >= 0.3 is 5.97 Å². The van der Waals surface area contributed by atoms with Gasteiger partial charge in [0, 0.05) is 19.3 Å². The zero-order chi connectivity index (χ0) is 10.1. The van der Waals surface area contributed by atoms with E-state index in [0.717, 1.165) is 9.09 Å². The van der Waals surface area contributed by atoms with Crippen molar-refractivity contribution < 1.29 is 9.53 Å². The van der Waals surface area contributed by atoms with Crippen molar-refractivity contribution in [1.82, 2.24) is 4.40 Å². The van der Waals surface area contributed by atoms with Crippen molar-refractivity contribution in [1.29, 1.82) is 0 Å². The van der Waals surface area contributed by atoms with Gasteiger partial charge in [-0.15, -0.1) is 0 Å². The fourth-order valence-corrected chi connectivity index (χ4v) is 2.00. The molecule has 3 nitrogen and oxygen atoms in total. The van der Waals surface area contributed by atoms with Crippen LogP contribution in [0.3, 0.4) is 0 Å². The minimum atomic E-state index is -0.292. The predicted octanol–water partition coefficient (Wildman–Crippen LogP) is 2.47. The van der Waals surface area contributed by atoms with Gasteiger partial charge in [-0.3, -0.25) is 4.79 Å². The first-order valence-corrected chi connectivity index (χ1v) is 5.20. The average molecular weight is 301 g/mol. The summed E-state index contributed by atoms with van der Waals surface area (Å²) in [5.74, 6) is 0.346. The van der Waals surface area contributed by atoms with Gasteiger partial charge in [0.05, 0.1) is 9.09 Å². The van der Waals surface area contributed by atoms with Crippen LogP contribution >= 0.6 is 22.6 Å². The Morgan fingerprint density at radius 2 is 2.29 bits per heavy atom. The fraction of sp³-hybridized carbons (Fsp3) is 0.100. The van der Waals surface area contributed by atoms with Crippen molar-refractivity contribution in [2.75, 3.05) is 0 Å². The molecule has 14 heavy (non-hydrogen) atoms. The van der Waals surface area contributed by atoms with Crippen molar-refractivity contribution in [2.45, 2.75) is 6.92 Å². The number of aromatic nitrogens is 1. The van der Waals surface area contributed by atoms with E-state index >= 15 is 0 Å². The maximum atomic E-state index is 10.9. The van der Waals surface area contributed by atoms with Crippen molar-refractivity contribution in [2.24, 2.45) is 0 Å². The summed E-state index contributed by atoms with van der Waals surface area (Å²) in [5, 5.41) is 0. The number of nitrogens with zero attached hydrogens (tertiary/aromatic N) is 1. The monoisotopic (exact) mass is 301 g/mol. The highest BCUT2D eigenvalue weighted by molar-refractivity contribution is 14.1. The van der Waals surface area contributed by atoms with E-state index in [0.29, 0.717) is 5.75 Å². The lowest BCUT2D eigenvalue weighted by atomic mass is 10.4. The number of rotatable bonds is 1. The number of hydrogen-bond donors (Lipinski definition) is 0. The molecule has 0 amide bonds. The molecular weight excluding hydrogens is 293 g/mol. The Kier molecular flexibility index (Phi) is 2.45. The summed E-state index contributed by atoms with van der Waals surface area (Å²) < 4.78 is 8.00. The lowest BCUT2D eigenvalue weighted by molar-refractivity contribution is -0.131. The van der Waals surface area contributed by atoms with E-state index in [1.165, 1.54) is 6.92 Å². The molecule has 0 atom stereocenters. The normalized spacial score (nSPS) is 10.4. The van der Waals surface area contributed by atoms with Crippen LogP contribution in [0.5, 0.6) is 5.75 Å². The van der Waals surface area contributed by atoms with Gasteiger partial charge in [0.1, 0.15) is 0 Å². The molecule has 0 aliphatic heterocycles. The number of halogens is 1. The average Bonchev–Trinajstić information content (AvgIpc) is 2.43. The molecule has 72 valence electrons. The molecule has 0 fully saturated rings. The lowest BCUT2D eigenvalue weighted by Gasteiger charge is -1.99. The van der Waals surface area contributed by atoms with Crippen LogP contribution < -0.4 is 4.74 Å². The molecule has 2 aromatic rings. The van der Waals surface area contributed by atoms with Crippen LogP contribution in [0.1, 0.15) is 6.92 Å². The van der Waals surface area contributed by atoms with E-state index < -0.39 is 0 Å². The Bertz CT molecular complexity index is 490. The van der Waals surface area contributed by atoms with Crippen molar-refractivity contribution in [3.8, 4) is 5.75 Å². The number of fused-ring (bicyclic) bond motifs is 1. The molecule has 2 heterocycles. The minimum Gasteiger partial charge on any atom is -0.423 e. The quantitative estimate of drug-likeness (QED) is 0.598. The third kappa shape index (κ3) is 1.61. The molecule has 4 heteroatoms. The van der Waals surface area contributed by atoms with Gasteiger partial charge in [0.15, 0.2) is 5.75 Å². The zero-order valence-electron chi connectivity index (χ0n) is 7.53. The molecule has 0 bridgehead atoms. The highest BCUT2D eigenvalue weighted by atomic mass is 127. The third-order valence-electron chi connectivity index (χ3n) is 1.84. The Labute approximate surface area is 94.8 Å². The van der Waals surface area contributed by atoms with Crippen LogP contribution in [0, 0.1) is 3.57 Å². The van der Waals surface area contributed by atoms with Crippen LogP contribution in [0.15, 0.2) is 30.6 Å². The summed E-state index contributed by atoms with van der Waals surface area (Å²) in [6, 6.07) is 5.76. The van der Waals surface area contributed by atoms with Crippen molar-refractivity contribution in [3.05, 3.63) is 34.2 Å². The van der Waals surface area contributed by atoms with E-state index in [1.54, 1.807) is 0 Å². The Morgan fingerprint density at radius 3 is 3.00 bits per heavy atom. The second-order valence-electron chi connectivity index (χ2n) is 2.89. The molecule has 2 aromatic heterocycles. The Morgan fingerprint density at radius 1 is 1.50 bits per heavy atom. The second kappa shape index (κ2) is 3.61. The molecule has 0 saturated heterocycles. The number of esters is 1. The molecule has 0 aromatic carbocycles. The zero-order valence-corrected chi connectivity index (χ0v) is 9.69. The van der Waals surface area contributed by atoms with Crippen LogP contribution in [-0.2, 0) is 4.79 Å². The van der Waals surface area contributed by atoms with Crippen molar-refractivity contribution in [3.63, 3.8) is 0 Å². The van der Waals surface area contributed by atoms with E-state index in [2.05, 4.69) is 22.6 Å². The summed E-state index contributed by atoms with van der Waals surface area (Å²) >= 11 is 2.15. The largest absolute Gasteiger partial charge is 0.423 e. The molecule has 0 aliphatic carbocycles. The van der Waals surface area contributed by atoms with E-state index in [1.807, 2.05) is 35.0 Å². The molecule has 2 rings (SSSR count). The van der Waals surface area contributed by atoms with Gasteiger partial charge in [0.2, 0.25) is 0 Å². The second-order valence-corrected chi connectivity index (χ2v) is 4.06. The lowest BCUT2D eigenvalue weighted by Crippen LogP contribution is -2.01. The SMILES string of the molecule is CC(=O)Oc1c(I)cn2ccccc12. The first-order valence-electron chi connectivity index (χ1n) is 4.12. The van der Waals surface area contributed by atoms with Gasteiger partial charge in [-0.2, -0.15) is 0 Å². The Balaban J connectivity index is 2.62. The van der Waals surface area contributed by atoms with Gasteiger partial charge in [-0.25, -0.2) is 0 Å². The number of carbonyl (C=O) groups excluding carboxylic acids is 1. The highest BCUT2D eigenvalue weighted by Crippen LogP contribution is 2.28. The Hall–Kier alpha value is -1.04. The maximum absolute atomic E-state index is 10.9. The number of pyridine rings is 1. The minimum absolute atomic E-state index is 0.292. The standard InChI is InChI=1S/C10H8INO2/c1-7(13)14-10-8(11)6-12-5-3-2-4-9(10)12/h2-6H,1H3. The first kappa shape index (κ1) is 9.51. The molecule has 0 radical (unpaired) electrons. The summed E-state index contributed by atoms with van der Waals surface area (Å²) in [4.78, 5) is 10.9. The maximum Gasteiger partial charge on any atom is 0.308 e. The number of carbonyl (C=O) groups is 1. The summed E-state index contributed by atoms with van der Waals surface area (Å²) in [7, 11) is 0. The first-order chi connectivity index (χ1) is 6.68. The van der Waals surface area contributed by atoms with Crippen LogP contribution in [-0.4, -0.2) is 10.4 Å². The molecule has 0 aliphatic rings. The van der Waals surface area contributed by atoms with E-state index in [4.69, 9.17) is 4.74 Å². The topological polar surface area (TPSA) is 30.7 Å². The molecule has 0 N–H and O–H groups in total. The van der Waals surface area contributed by atoms with Gasteiger partial charge < -0.3 is 9.14 Å². The summed E-state index contributed by atoms with van der Waals surface area (Å²) in [6.07, 6.45) is 3.85. The highest BCUT2D eigenvalue weighted by Gasteiger charge is 2.10. The number of hydrogen-bond acceptors (Lipinski definition) is 2. The predicted molar refractivity (Wildman–Crippen MR) is 61.4 cm³/mol. The van der Waals surface area contributed by atoms with E-state index in [9.17, 15) is 4.79 Å². The smallest absolute Gasteiger partial charge is 0.308 e. The van der Waals surface area contributed by atoms with Crippen molar-refractivity contribution >= 4 is 34.1 Å². The summed E-state index contributed by atoms with van der Waals surface area (Å²) in [5.41, 5.74) is 0.909.